The minimum Gasteiger partial charge on any atom is -0.481 e. The summed E-state index contributed by atoms with van der Waals surface area (Å²) in [5.41, 5.74) is 2.04. The molecule has 128 valence electrons. The van der Waals surface area contributed by atoms with Gasteiger partial charge in [-0.05, 0) is 32.8 Å². The van der Waals surface area contributed by atoms with Crippen LogP contribution in [0, 0.1) is 13.8 Å². The summed E-state index contributed by atoms with van der Waals surface area (Å²) < 4.78 is 5.17. The van der Waals surface area contributed by atoms with Crippen molar-refractivity contribution in [3.63, 3.8) is 0 Å². The third-order valence-electron chi connectivity index (χ3n) is 4.33. The molecule has 2 aromatic rings. The fraction of sp³-hybridized carbons (Fsp3) is 0.500. The number of rotatable bonds is 5. The summed E-state index contributed by atoms with van der Waals surface area (Å²) >= 11 is 0. The maximum atomic E-state index is 5.17. The predicted molar refractivity (Wildman–Crippen MR) is 94.4 cm³/mol. The van der Waals surface area contributed by atoms with E-state index in [4.69, 9.17) is 4.74 Å². The molecule has 6 heteroatoms. The summed E-state index contributed by atoms with van der Waals surface area (Å²) in [5, 5.41) is 3.61. The molecular weight excluding hydrogens is 302 g/mol. The van der Waals surface area contributed by atoms with Gasteiger partial charge in [0.25, 0.3) is 0 Å². The third-order valence-corrected chi connectivity index (χ3v) is 4.33. The highest BCUT2D eigenvalue weighted by molar-refractivity contribution is 5.40. The summed E-state index contributed by atoms with van der Waals surface area (Å²) in [6.07, 6.45) is 2.21. The highest BCUT2D eigenvalue weighted by Crippen LogP contribution is 2.19. The molecular formula is C18H25N5O. The molecule has 0 saturated carbocycles. The number of piperidine rings is 1. The van der Waals surface area contributed by atoms with Gasteiger partial charge >= 0.3 is 0 Å². The first-order valence-electron chi connectivity index (χ1n) is 8.44. The zero-order valence-electron chi connectivity index (χ0n) is 14.6. The first-order valence-corrected chi connectivity index (χ1v) is 8.44. The van der Waals surface area contributed by atoms with Crippen LogP contribution in [-0.2, 0) is 6.54 Å². The summed E-state index contributed by atoms with van der Waals surface area (Å²) in [6.45, 7) is 6.77. The van der Waals surface area contributed by atoms with Gasteiger partial charge in [0.1, 0.15) is 11.6 Å². The molecule has 3 heterocycles. The summed E-state index contributed by atoms with van der Waals surface area (Å²) in [6, 6.07) is 8.45. The monoisotopic (exact) mass is 327 g/mol. The van der Waals surface area contributed by atoms with Crippen molar-refractivity contribution in [2.24, 2.45) is 0 Å². The number of hydrogen-bond donors (Lipinski definition) is 1. The van der Waals surface area contributed by atoms with E-state index < -0.39 is 0 Å². The largest absolute Gasteiger partial charge is 0.481 e. The maximum Gasteiger partial charge on any atom is 0.213 e. The van der Waals surface area contributed by atoms with E-state index in [0.29, 0.717) is 11.9 Å². The van der Waals surface area contributed by atoms with Crippen LogP contribution >= 0.6 is 0 Å². The molecule has 3 rings (SSSR count). The average Bonchev–Trinajstić information content (AvgIpc) is 2.60. The van der Waals surface area contributed by atoms with Crippen LogP contribution < -0.4 is 15.0 Å². The molecule has 1 saturated heterocycles. The smallest absolute Gasteiger partial charge is 0.213 e. The first kappa shape index (κ1) is 16.6. The van der Waals surface area contributed by atoms with Crippen molar-refractivity contribution in [2.75, 3.05) is 25.1 Å². The van der Waals surface area contributed by atoms with E-state index in [1.54, 1.807) is 7.11 Å². The van der Waals surface area contributed by atoms with Crippen molar-refractivity contribution in [3.8, 4) is 5.88 Å². The maximum absolute atomic E-state index is 5.17. The minimum absolute atomic E-state index is 0.512. The van der Waals surface area contributed by atoms with Gasteiger partial charge in [0.05, 0.1) is 12.8 Å². The summed E-state index contributed by atoms with van der Waals surface area (Å²) in [4.78, 5) is 15.7. The Kier molecular flexibility index (Phi) is 5.25. The number of ether oxygens (including phenoxy) is 1. The van der Waals surface area contributed by atoms with Crippen LogP contribution in [0.5, 0.6) is 5.88 Å². The number of aryl methyl sites for hydroxylation is 2. The second kappa shape index (κ2) is 7.57. The van der Waals surface area contributed by atoms with E-state index in [0.717, 1.165) is 55.5 Å². The van der Waals surface area contributed by atoms with Crippen molar-refractivity contribution in [2.45, 2.75) is 39.3 Å². The third kappa shape index (κ3) is 4.20. The number of aromatic nitrogens is 3. The molecule has 0 bridgehead atoms. The molecule has 1 fully saturated rings. The molecule has 0 radical (unpaired) electrons. The Bertz CT molecular complexity index is 663. The molecule has 1 N–H and O–H groups in total. The molecule has 1 aliphatic heterocycles. The fourth-order valence-electron chi connectivity index (χ4n) is 3.09. The molecule has 0 unspecified atom stereocenters. The summed E-state index contributed by atoms with van der Waals surface area (Å²) in [5.74, 6) is 2.56. The normalized spacial score (nSPS) is 15.5. The molecule has 24 heavy (non-hydrogen) atoms. The van der Waals surface area contributed by atoms with E-state index in [2.05, 4.69) is 31.2 Å². The van der Waals surface area contributed by atoms with Crippen LogP contribution in [0.3, 0.4) is 0 Å². The van der Waals surface area contributed by atoms with E-state index in [1.165, 1.54) is 0 Å². The van der Waals surface area contributed by atoms with Crippen LogP contribution in [0.2, 0.25) is 0 Å². The lowest BCUT2D eigenvalue weighted by molar-refractivity contribution is 0.389. The lowest BCUT2D eigenvalue weighted by Crippen LogP contribution is -2.42. The number of anilines is 1. The van der Waals surface area contributed by atoms with Crippen LogP contribution in [0.4, 0.5) is 5.82 Å². The first-order chi connectivity index (χ1) is 11.6. The Morgan fingerprint density at radius 3 is 2.67 bits per heavy atom. The second-order valence-electron chi connectivity index (χ2n) is 6.23. The van der Waals surface area contributed by atoms with Crippen molar-refractivity contribution in [3.05, 3.63) is 41.5 Å². The standard InChI is InChI=1S/C18H25N5O/c1-13-11-17(21-14(2)20-13)23-9-7-15(8-10-23)19-12-16-5-4-6-18(22-16)24-3/h4-6,11,15,19H,7-10,12H2,1-3H3. The number of nitrogens with zero attached hydrogens (tertiary/aromatic N) is 4. The molecule has 0 atom stereocenters. The van der Waals surface area contributed by atoms with Gasteiger partial charge in [-0.15, -0.1) is 0 Å². The van der Waals surface area contributed by atoms with Crippen molar-refractivity contribution < 1.29 is 4.74 Å². The second-order valence-corrected chi connectivity index (χ2v) is 6.23. The van der Waals surface area contributed by atoms with Crippen molar-refractivity contribution in [1.29, 1.82) is 0 Å². The Morgan fingerprint density at radius 2 is 1.96 bits per heavy atom. The van der Waals surface area contributed by atoms with Gasteiger partial charge in [-0.1, -0.05) is 6.07 Å². The van der Waals surface area contributed by atoms with E-state index in [-0.39, 0.29) is 0 Å². The molecule has 1 aliphatic rings. The topological polar surface area (TPSA) is 63.2 Å². The van der Waals surface area contributed by atoms with Gasteiger partial charge in [0.2, 0.25) is 5.88 Å². The molecule has 0 amide bonds. The van der Waals surface area contributed by atoms with Gasteiger partial charge < -0.3 is 15.0 Å². The van der Waals surface area contributed by atoms with Gasteiger partial charge in [-0.2, -0.15) is 0 Å². The van der Waals surface area contributed by atoms with Crippen molar-refractivity contribution in [1.82, 2.24) is 20.3 Å². The lowest BCUT2D eigenvalue weighted by Gasteiger charge is -2.33. The Labute approximate surface area is 143 Å². The van der Waals surface area contributed by atoms with E-state index >= 15 is 0 Å². The molecule has 0 spiro atoms. The van der Waals surface area contributed by atoms with Gasteiger partial charge in [-0.3, -0.25) is 0 Å². The highest BCUT2D eigenvalue weighted by atomic mass is 16.5. The van der Waals surface area contributed by atoms with Crippen LogP contribution in [0.15, 0.2) is 24.3 Å². The number of hydrogen-bond acceptors (Lipinski definition) is 6. The predicted octanol–water partition coefficient (Wildman–Crippen LogP) is 2.26. The Balaban J connectivity index is 1.51. The fourth-order valence-corrected chi connectivity index (χ4v) is 3.09. The molecule has 2 aromatic heterocycles. The zero-order valence-corrected chi connectivity index (χ0v) is 14.6. The zero-order chi connectivity index (χ0) is 16.9. The van der Waals surface area contributed by atoms with Crippen molar-refractivity contribution >= 4 is 5.82 Å². The molecule has 0 aromatic carbocycles. The summed E-state index contributed by atoms with van der Waals surface area (Å²) in [7, 11) is 1.64. The Hall–Kier alpha value is -2.21. The van der Waals surface area contributed by atoms with E-state index in [9.17, 15) is 0 Å². The minimum atomic E-state index is 0.512. The van der Waals surface area contributed by atoms with Gasteiger partial charge in [0, 0.05) is 43.5 Å². The number of methoxy groups -OCH3 is 1. The van der Waals surface area contributed by atoms with E-state index in [1.807, 2.05) is 32.0 Å². The van der Waals surface area contributed by atoms with Crippen LogP contribution in [-0.4, -0.2) is 41.2 Å². The van der Waals surface area contributed by atoms with Crippen LogP contribution in [0.25, 0.3) is 0 Å². The van der Waals surface area contributed by atoms with Gasteiger partial charge in [-0.25, -0.2) is 15.0 Å². The lowest BCUT2D eigenvalue weighted by atomic mass is 10.0. The highest BCUT2D eigenvalue weighted by Gasteiger charge is 2.20. The van der Waals surface area contributed by atoms with Gasteiger partial charge in [0.15, 0.2) is 0 Å². The SMILES string of the molecule is COc1cccc(CNC2CCN(c3cc(C)nc(C)n3)CC2)n1. The average molecular weight is 327 g/mol. The Morgan fingerprint density at radius 1 is 1.17 bits per heavy atom. The molecule has 6 nitrogen and oxygen atoms in total. The van der Waals surface area contributed by atoms with Crippen LogP contribution in [0.1, 0.15) is 30.1 Å². The quantitative estimate of drug-likeness (QED) is 0.909. The molecule has 0 aliphatic carbocycles. The number of nitrogens with one attached hydrogen (secondary N) is 1. The number of pyridine rings is 1.